The summed E-state index contributed by atoms with van der Waals surface area (Å²) in [5.41, 5.74) is 7.00. The topological polar surface area (TPSA) is 35.2 Å². The average Bonchev–Trinajstić information content (AvgIpc) is 2.16. The van der Waals surface area contributed by atoms with Gasteiger partial charge in [0.15, 0.2) is 0 Å². The van der Waals surface area contributed by atoms with Gasteiger partial charge in [-0.1, -0.05) is 24.6 Å². The molecule has 0 spiro atoms. The molecule has 0 amide bonds. The second-order valence-electron chi connectivity index (χ2n) is 4.43. The van der Waals surface area contributed by atoms with Crippen molar-refractivity contribution >= 4 is 0 Å². The molecule has 0 aromatic heterocycles. The van der Waals surface area contributed by atoms with Gasteiger partial charge in [-0.15, -0.1) is 0 Å². The highest BCUT2D eigenvalue weighted by Gasteiger charge is 2.18. The summed E-state index contributed by atoms with van der Waals surface area (Å²) in [6.45, 7) is 2.84. The Kier molecular flexibility index (Phi) is 3.27. The monoisotopic (exact) mass is 205 g/mol. The molecule has 2 rings (SSSR count). The molecule has 1 aromatic carbocycles. The Morgan fingerprint density at radius 3 is 2.73 bits per heavy atom. The van der Waals surface area contributed by atoms with Crippen molar-refractivity contribution in [2.75, 3.05) is 6.61 Å². The molecular formula is C13H19NO. The maximum absolute atomic E-state index is 5.89. The predicted molar refractivity (Wildman–Crippen MR) is 61.9 cm³/mol. The van der Waals surface area contributed by atoms with Gasteiger partial charge in [-0.05, 0) is 31.7 Å². The van der Waals surface area contributed by atoms with Gasteiger partial charge in [0, 0.05) is 11.6 Å². The summed E-state index contributed by atoms with van der Waals surface area (Å²) < 4.78 is 5.82. The van der Waals surface area contributed by atoms with E-state index in [1.165, 1.54) is 19.3 Å². The van der Waals surface area contributed by atoms with E-state index in [4.69, 9.17) is 10.5 Å². The summed E-state index contributed by atoms with van der Waals surface area (Å²) in [5.74, 6) is 1.73. The van der Waals surface area contributed by atoms with E-state index < -0.39 is 0 Å². The predicted octanol–water partition coefficient (Wildman–Crippen LogP) is 2.89. The maximum Gasteiger partial charge on any atom is 0.124 e. The number of benzene rings is 1. The summed E-state index contributed by atoms with van der Waals surface area (Å²) in [5, 5.41) is 0. The lowest BCUT2D eigenvalue weighted by molar-refractivity contribution is 0.179. The smallest absolute Gasteiger partial charge is 0.124 e. The van der Waals surface area contributed by atoms with E-state index in [1.807, 2.05) is 31.2 Å². The van der Waals surface area contributed by atoms with Crippen LogP contribution in [0.4, 0.5) is 0 Å². The van der Waals surface area contributed by atoms with Crippen molar-refractivity contribution in [2.45, 2.75) is 32.2 Å². The SMILES string of the molecule is CC(N)c1ccccc1OCC1CCC1. The zero-order valence-corrected chi connectivity index (χ0v) is 9.28. The van der Waals surface area contributed by atoms with Gasteiger partial charge >= 0.3 is 0 Å². The summed E-state index contributed by atoms with van der Waals surface area (Å²) in [6, 6.07) is 8.11. The van der Waals surface area contributed by atoms with Crippen LogP contribution in [-0.2, 0) is 0 Å². The summed E-state index contributed by atoms with van der Waals surface area (Å²) >= 11 is 0. The van der Waals surface area contributed by atoms with Crippen molar-refractivity contribution in [3.63, 3.8) is 0 Å². The zero-order valence-electron chi connectivity index (χ0n) is 9.28. The average molecular weight is 205 g/mol. The molecular weight excluding hydrogens is 186 g/mol. The minimum atomic E-state index is 0.0441. The molecule has 0 aliphatic heterocycles. The van der Waals surface area contributed by atoms with Crippen LogP contribution < -0.4 is 10.5 Å². The lowest BCUT2D eigenvalue weighted by atomic mass is 9.86. The molecule has 1 aliphatic rings. The van der Waals surface area contributed by atoms with Gasteiger partial charge < -0.3 is 10.5 Å². The van der Waals surface area contributed by atoms with Crippen LogP contribution >= 0.6 is 0 Å². The van der Waals surface area contributed by atoms with E-state index in [-0.39, 0.29) is 6.04 Å². The number of ether oxygens (including phenoxy) is 1. The highest BCUT2D eigenvalue weighted by atomic mass is 16.5. The first-order valence-corrected chi connectivity index (χ1v) is 5.74. The standard InChI is InChI=1S/C13H19NO/c1-10(14)12-7-2-3-8-13(12)15-9-11-5-4-6-11/h2-3,7-8,10-11H,4-6,9,14H2,1H3. The van der Waals surface area contributed by atoms with E-state index in [2.05, 4.69) is 0 Å². The number of nitrogens with two attached hydrogens (primary N) is 1. The van der Waals surface area contributed by atoms with Gasteiger partial charge in [-0.2, -0.15) is 0 Å². The van der Waals surface area contributed by atoms with Crippen molar-refractivity contribution in [1.82, 2.24) is 0 Å². The minimum Gasteiger partial charge on any atom is -0.493 e. The Hall–Kier alpha value is -1.02. The number of para-hydroxylation sites is 1. The summed E-state index contributed by atoms with van der Waals surface area (Å²) in [4.78, 5) is 0. The molecule has 0 radical (unpaired) electrons. The fraction of sp³-hybridized carbons (Fsp3) is 0.538. The van der Waals surface area contributed by atoms with Crippen LogP contribution in [-0.4, -0.2) is 6.61 Å². The third kappa shape index (κ3) is 2.51. The Bertz CT molecular complexity index is 318. The van der Waals surface area contributed by atoms with Crippen molar-refractivity contribution in [2.24, 2.45) is 11.7 Å². The van der Waals surface area contributed by atoms with E-state index in [9.17, 15) is 0 Å². The highest BCUT2D eigenvalue weighted by molar-refractivity contribution is 5.35. The molecule has 1 unspecified atom stereocenters. The van der Waals surface area contributed by atoms with Gasteiger partial charge in [-0.25, -0.2) is 0 Å². The second-order valence-corrected chi connectivity index (χ2v) is 4.43. The van der Waals surface area contributed by atoms with Crippen LogP contribution in [0.2, 0.25) is 0 Å². The summed E-state index contributed by atoms with van der Waals surface area (Å²) in [6.07, 6.45) is 4.00. The molecule has 82 valence electrons. The van der Waals surface area contributed by atoms with E-state index in [0.29, 0.717) is 0 Å². The lowest BCUT2D eigenvalue weighted by Crippen LogP contribution is -2.20. The molecule has 0 heterocycles. The largest absolute Gasteiger partial charge is 0.493 e. The van der Waals surface area contributed by atoms with Gasteiger partial charge in [0.25, 0.3) is 0 Å². The Morgan fingerprint density at radius 2 is 2.13 bits per heavy atom. The van der Waals surface area contributed by atoms with E-state index in [0.717, 1.165) is 23.8 Å². The molecule has 0 bridgehead atoms. The number of hydrogen-bond donors (Lipinski definition) is 1. The van der Waals surface area contributed by atoms with E-state index in [1.54, 1.807) is 0 Å². The molecule has 1 saturated carbocycles. The van der Waals surface area contributed by atoms with Gasteiger partial charge in [-0.3, -0.25) is 0 Å². The third-order valence-electron chi connectivity index (χ3n) is 3.11. The first kappa shape index (κ1) is 10.5. The first-order chi connectivity index (χ1) is 7.27. The Morgan fingerprint density at radius 1 is 1.40 bits per heavy atom. The van der Waals surface area contributed by atoms with Crippen molar-refractivity contribution in [1.29, 1.82) is 0 Å². The molecule has 1 aliphatic carbocycles. The third-order valence-corrected chi connectivity index (χ3v) is 3.11. The zero-order chi connectivity index (χ0) is 10.7. The summed E-state index contributed by atoms with van der Waals surface area (Å²) in [7, 11) is 0. The van der Waals surface area contributed by atoms with Crippen LogP contribution in [0, 0.1) is 5.92 Å². The number of rotatable bonds is 4. The normalized spacial score (nSPS) is 18.3. The van der Waals surface area contributed by atoms with Crippen molar-refractivity contribution in [3.8, 4) is 5.75 Å². The van der Waals surface area contributed by atoms with Gasteiger partial charge in [0.2, 0.25) is 0 Å². The van der Waals surface area contributed by atoms with Gasteiger partial charge in [0.1, 0.15) is 5.75 Å². The molecule has 1 atom stereocenters. The molecule has 1 aromatic rings. The Balaban J connectivity index is 1.99. The van der Waals surface area contributed by atoms with Crippen LogP contribution in [0.1, 0.15) is 37.8 Å². The van der Waals surface area contributed by atoms with Crippen molar-refractivity contribution in [3.05, 3.63) is 29.8 Å². The van der Waals surface area contributed by atoms with Crippen LogP contribution in [0.25, 0.3) is 0 Å². The molecule has 0 saturated heterocycles. The fourth-order valence-corrected chi connectivity index (χ4v) is 1.86. The molecule has 15 heavy (non-hydrogen) atoms. The number of hydrogen-bond acceptors (Lipinski definition) is 2. The van der Waals surface area contributed by atoms with Gasteiger partial charge in [0.05, 0.1) is 6.61 Å². The minimum absolute atomic E-state index is 0.0441. The van der Waals surface area contributed by atoms with Crippen LogP contribution in [0.15, 0.2) is 24.3 Å². The van der Waals surface area contributed by atoms with E-state index >= 15 is 0 Å². The quantitative estimate of drug-likeness (QED) is 0.820. The first-order valence-electron chi connectivity index (χ1n) is 5.74. The van der Waals surface area contributed by atoms with Crippen LogP contribution in [0.5, 0.6) is 5.75 Å². The van der Waals surface area contributed by atoms with Crippen LogP contribution in [0.3, 0.4) is 0 Å². The Labute approximate surface area is 91.4 Å². The highest BCUT2D eigenvalue weighted by Crippen LogP contribution is 2.29. The van der Waals surface area contributed by atoms with Crippen molar-refractivity contribution < 1.29 is 4.74 Å². The molecule has 2 nitrogen and oxygen atoms in total. The second kappa shape index (κ2) is 4.67. The molecule has 2 N–H and O–H groups in total. The molecule has 2 heteroatoms. The fourth-order valence-electron chi connectivity index (χ4n) is 1.86. The molecule has 1 fully saturated rings. The maximum atomic E-state index is 5.89. The lowest BCUT2D eigenvalue weighted by Gasteiger charge is -2.26.